The lowest BCUT2D eigenvalue weighted by Gasteiger charge is -2.22. The molecule has 0 fully saturated rings. The molecule has 1 aromatic carbocycles. The van der Waals surface area contributed by atoms with Crippen LogP contribution in [0.1, 0.15) is 78.0 Å². The third-order valence-electron chi connectivity index (χ3n) is 5.20. The maximum atomic E-state index is 12.9. The van der Waals surface area contributed by atoms with Crippen LogP contribution in [0.5, 0.6) is 0 Å². The van der Waals surface area contributed by atoms with Crippen molar-refractivity contribution in [3.8, 4) is 5.69 Å². The Morgan fingerprint density at radius 2 is 1.81 bits per heavy atom. The molecule has 0 aliphatic rings. The molecule has 2 amide bonds. The van der Waals surface area contributed by atoms with E-state index in [2.05, 4.69) is 39.9 Å². The van der Waals surface area contributed by atoms with Gasteiger partial charge in [-0.15, -0.1) is 0 Å². The zero-order chi connectivity index (χ0) is 23.0. The zero-order valence-electron chi connectivity index (χ0n) is 20.0. The van der Waals surface area contributed by atoms with Gasteiger partial charge in [0, 0.05) is 24.4 Å². The van der Waals surface area contributed by atoms with E-state index in [-0.39, 0.29) is 23.8 Å². The quantitative estimate of drug-likeness (QED) is 0.565. The molecule has 2 aromatic rings. The number of nitrogens with zero attached hydrogens (tertiary/aromatic N) is 3. The zero-order valence-corrected chi connectivity index (χ0v) is 20.0. The van der Waals surface area contributed by atoms with E-state index in [9.17, 15) is 9.59 Å². The van der Waals surface area contributed by atoms with Crippen LogP contribution in [0, 0.1) is 6.92 Å². The van der Waals surface area contributed by atoms with E-state index in [1.54, 1.807) is 9.58 Å². The summed E-state index contributed by atoms with van der Waals surface area (Å²) in [6.45, 7) is 13.1. The number of aryl methyl sites for hydroxylation is 1. The molecule has 0 bridgehead atoms. The molecule has 0 aliphatic carbocycles. The minimum atomic E-state index is -0.199. The molecule has 6 nitrogen and oxygen atoms in total. The summed E-state index contributed by atoms with van der Waals surface area (Å²) in [7, 11) is 0. The van der Waals surface area contributed by atoms with Crippen molar-refractivity contribution in [3.05, 3.63) is 41.6 Å². The number of hydrogen-bond donors (Lipinski definition) is 1. The van der Waals surface area contributed by atoms with Gasteiger partial charge in [-0.1, -0.05) is 59.6 Å². The number of carbonyl (C=O) groups is 2. The maximum Gasteiger partial charge on any atom is 0.245 e. The Labute approximate surface area is 187 Å². The van der Waals surface area contributed by atoms with Crippen molar-refractivity contribution in [1.82, 2.24) is 14.7 Å². The Morgan fingerprint density at radius 3 is 2.42 bits per heavy atom. The molecule has 2 rings (SSSR count). The largest absolute Gasteiger partial charge is 0.333 e. The van der Waals surface area contributed by atoms with Gasteiger partial charge in [0.15, 0.2) is 0 Å². The predicted octanol–water partition coefficient (Wildman–Crippen LogP) is 5.24. The van der Waals surface area contributed by atoms with Crippen molar-refractivity contribution < 1.29 is 9.59 Å². The van der Waals surface area contributed by atoms with E-state index in [0.717, 1.165) is 42.6 Å². The second-order valence-corrected chi connectivity index (χ2v) is 9.24. The van der Waals surface area contributed by atoms with Gasteiger partial charge in [0.1, 0.15) is 5.82 Å². The molecule has 6 heteroatoms. The highest BCUT2D eigenvalue weighted by molar-refractivity contribution is 5.94. The third kappa shape index (κ3) is 7.23. The van der Waals surface area contributed by atoms with Crippen LogP contribution >= 0.6 is 0 Å². The lowest BCUT2D eigenvalue weighted by Crippen LogP contribution is -2.38. The van der Waals surface area contributed by atoms with Crippen LogP contribution in [0.15, 0.2) is 30.3 Å². The van der Waals surface area contributed by atoms with Gasteiger partial charge in [-0.05, 0) is 37.5 Å². The number of benzene rings is 1. The Bertz CT molecular complexity index is 880. The first kappa shape index (κ1) is 24.6. The fourth-order valence-corrected chi connectivity index (χ4v) is 3.28. The maximum absolute atomic E-state index is 12.9. The number of nitrogens with one attached hydrogen (secondary N) is 1. The van der Waals surface area contributed by atoms with E-state index in [0.29, 0.717) is 18.8 Å². The van der Waals surface area contributed by atoms with E-state index >= 15 is 0 Å². The lowest BCUT2D eigenvalue weighted by molar-refractivity contribution is -0.134. The van der Waals surface area contributed by atoms with E-state index < -0.39 is 0 Å². The molecule has 1 N–H and O–H groups in total. The van der Waals surface area contributed by atoms with Crippen LogP contribution in [-0.4, -0.2) is 39.6 Å². The van der Waals surface area contributed by atoms with Gasteiger partial charge in [0.2, 0.25) is 11.8 Å². The number of unbranched alkanes of at least 4 members (excludes halogenated alkanes) is 2. The van der Waals surface area contributed by atoms with Crippen molar-refractivity contribution in [2.45, 2.75) is 79.1 Å². The number of aromatic nitrogens is 2. The van der Waals surface area contributed by atoms with E-state index in [1.807, 2.05) is 37.3 Å². The van der Waals surface area contributed by atoms with Crippen molar-refractivity contribution >= 4 is 17.6 Å². The first-order chi connectivity index (χ1) is 14.7. The number of carbonyl (C=O) groups excluding carboxylic acids is 2. The topological polar surface area (TPSA) is 67.2 Å². The van der Waals surface area contributed by atoms with Gasteiger partial charge >= 0.3 is 0 Å². The molecule has 0 aliphatic heterocycles. The molecule has 0 unspecified atom stereocenters. The Kier molecular flexibility index (Phi) is 8.84. The van der Waals surface area contributed by atoms with Crippen molar-refractivity contribution in [2.75, 3.05) is 18.4 Å². The minimum Gasteiger partial charge on any atom is -0.333 e. The standard InChI is InChI=1S/C25H38N4O2/c1-7-9-14-24(31)28(15-10-8-2)18-23(30)26-22-17-21(25(4,5)6)27-29(22)20-13-11-12-19(3)16-20/h11-13,16-17H,7-10,14-15,18H2,1-6H3,(H,26,30). The van der Waals surface area contributed by atoms with Crippen LogP contribution in [0.3, 0.4) is 0 Å². The molecule has 31 heavy (non-hydrogen) atoms. The average molecular weight is 427 g/mol. The van der Waals surface area contributed by atoms with Gasteiger partial charge in [-0.3, -0.25) is 9.59 Å². The second kappa shape index (κ2) is 11.1. The molecular weight excluding hydrogens is 388 g/mol. The lowest BCUT2D eigenvalue weighted by atomic mass is 9.92. The van der Waals surface area contributed by atoms with Gasteiger partial charge in [0.25, 0.3) is 0 Å². The van der Waals surface area contributed by atoms with Gasteiger partial charge in [-0.2, -0.15) is 5.10 Å². The minimum absolute atomic E-state index is 0.0491. The van der Waals surface area contributed by atoms with Crippen LogP contribution < -0.4 is 5.32 Å². The first-order valence-electron chi connectivity index (χ1n) is 11.4. The van der Waals surface area contributed by atoms with E-state index in [4.69, 9.17) is 5.10 Å². The molecule has 0 atom stereocenters. The Morgan fingerprint density at radius 1 is 1.10 bits per heavy atom. The highest BCUT2D eigenvalue weighted by Gasteiger charge is 2.23. The smallest absolute Gasteiger partial charge is 0.245 e. The monoisotopic (exact) mass is 426 g/mol. The molecular formula is C25H38N4O2. The third-order valence-corrected chi connectivity index (χ3v) is 5.20. The fraction of sp³-hybridized carbons (Fsp3) is 0.560. The number of anilines is 1. The van der Waals surface area contributed by atoms with Crippen LogP contribution in [-0.2, 0) is 15.0 Å². The molecule has 0 saturated heterocycles. The summed E-state index contributed by atoms with van der Waals surface area (Å²) in [6, 6.07) is 9.95. The fourth-order valence-electron chi connectivity index (χ4n) is 3.28. The number of amides is 2. The van der Waals surface area contributed by atoms with E-state index in [1.165, 1.54) is 0 Å². The highest BCUT2D eigenvalue weighted by atomic mass is 16.2. The van der Waals surface area contributed by atoms with Crippen molar-refractivity contribution in [1.29, 1.82) is 0 Å². The number of hydrogen-bond acceptors (Lipinski definition) is 3. The summed E-state index contributed by atoms with van der Waals surface area (Å²) in [5, 5.41) is 7.78. The van der Waals surface area contributed by atoms with Gasteiger partial charge in [-0.25, -0.2) is 4.68 Å². The Hall–Kier alpha value is -2.63. The number of rotatable bonds is 10. The summed E-state index contributed by atoms with van der Waals surface area (Å²) in [5.74, 6) is 0.472. The Balaban J connectivity index is 2.25. The molecule has 1 aromatic heterocycles. The molecule has 0 saturated carbocycles. The van der Waals surface area contributed by atoms with Gasteiger partial charge in [0.05, 0.1) is 17.9 Å². The summed E-state index contributed by atoms with van der Waals surface area (Å²) < 4.78 is 1.78. The SMILES string of the molecule is CCCCC(=O)N(CCCC)CC(=O)Nc1cc(C(C)(C)C)nn1-c1cccc(C)c1. The predicted molar refractivity (Wildman–Crippen MR) is 127 cm³/mol. The molecule has 0 spiro atoms. The average Bonchev–Trinajstić information content (AvgIpc) is 3.13. The highest BCUT2D eigenvalue weighted by Crippen LogP contribution is 2.26. The first-order valence-corrected chi connectivity index (χ1v) is 11.4. The van der Waals surface area contributed by atoms with Crippen LogP contribution in [0.4, 0.5) is 5.82 Å². The molecule has 1 heterocycles. The summed E-state index contributed by atoms with van der Waals surface area (Å²) in [4.78, 5) is 27.2. The normalized spacial score (nSPS) is 11.4. The van der Waals surface area contributed by atoms with Crippen molar-refractivity contribution in [2.24, 2.45) is 0 Å². The van der Waals surface area contributed by atoms with Crippen LogP contribution in [0.2, 0.25) is 0 Å². The summed E-state index contributed by atoms with van der Waals surface area (Å²) >= 11 is 0. The van der Waals surface area contributed by atoms with Crippen LogP contribution in [0.25, 0.3) is 5.69 Å². The molecule has 0 radical (unpaired) electrons. The molecule has 170 valence electrons. The second-order valence-electron chi connectivity index (χ2n) is 9.24. The summed E-state index contributed by atoms with van der Waals surface area (Å²) in [6.07, 6.45) is 4.17. The van der Waals surface area contributed by atoms with Crippen molar-refractivity contribution in [3.63, 3.8) is 0 Å². The summed E-state index contributed by atoms with van der Waals surface area (Å²) in [5.41, 5.74) is 2.76. The van der Waals surface area contributed by atoms with Gasteiger partial charge < -0.3 is 10.2 Å².